The molecule has 3 atom stereocenters. The minimum atomic E-state index is -0.531. The van der Waals surface area contributed by atoms with Crippen LogP contribution in [0.4, 0.5) is 0 Å². The Morgan fingerprint density at radius 3 is 3.10 bits per heavy atom. The number of nitrogens with zero attached hydrogens (tertiary/aromatic N) is 2. The molecular weight excluding hydrogens is 338 g/mol. The fourth-order valence-corrected chi connectivity index (χ4v) is 3.19. The van der Waals surface area contributed by atoms with Gasteiger partial charge in [0.05, 0.1) is 29.2 Å². The van der Waals surface area contributed by atoms with Gasteiger partial charge in [0, 0.05) is 18.9 Å². The Bertz CT molecular complexity index is 611. The summed E-state index contributed by atoms with van der Waals surface area (Å²) in [5.74, 6) is 0.249. The van der Waals surface area contributed by atoms with Crippen molar-refractivity contribution in [2.45, 2.75) is 31.5 Å². The number of aromatic nitrogens is 2. The van der Waals surface area contributed by atoms with Gasteiger partial charge in [0.2, 0.25) is 5.76 Å². The number of aliphatic hydroxyl groups is 1. The van der Waals surface area contributed by atoms with E-state index in [1.807, 2.05) is 10.8 Å². The van der Waals surface area contributed by atoms with E-state index >= 15 is 0 Å². The van der Waals surface area contributed by atoms with E-state index in [9.17, 15) is 9.90 Å². The summed E-state index contributed by atoms with van der Waals surface area (Å²) in [7, 11) is 0. The maximum absolute atomic E-state index is 12.1. The van der Waals surface area contributed by atoms with Crippen LogP contribution in [-0.2, 0) is 6.54 Å². The Kier molecular flexibility index (Phi) is 4.12. The molecule has 1 unspecified atom stereocenters. The lowest BCUT2D eigenvalue weighted by atomic mass is 10.1. The molecule has 21 heavy (non-hydrogen) atoms. The highest BCUT2D eigenvalue weighted by Crippen LogP contribution is 2.28. The minimum absolute atomic E-state index is 0.236. The van der Waals surface area contributed by atoms with Crippen LogP contribution < -0.4 is 5.32 Å². The van der Waals surface area contributed by atoms with Gasteiger partial charge in [0.25, 0.3) is 5.91 Å². The second-order valence-electron chi connectivity index (χ2n) is 5.34. The molecule has 2 aromatic heterocycles. The van der Waals surface area contributed by atoms with Crippen LogP contribution in [0.3, 0.4) is 0 Å². The molecule has 1 saturated carbocycles. The molecule has 3 rings (SSSR count). The number of imidazole rings is 1. The molecule has 112 valence electrons. The first-order chi connectivity index (χ1) is 10.1. The zero-order chi connectivity index (χ0) is 14.8. The fraction of sp³-hybridized carbons (Fsp3) is 0.429. The number of carbonyl (C=O) groups is 1. The standard InChI is InChI=1S/C14H16BrN3O3/c15-10-1-4-21-13(10)14(20)17-11-5-9(6-12(11)19)7-18-3-2-16-8-18/h1-4,8-9,11-12,19H,5-7H2,(H,17,20)/t9?,11-,12-/m1/s1. The molecule has 2 aromatic rings. The SMILES string of the molecule is O=C(N[C@@H]1CC(Cn2ccnc2)C[C@H]1O)c1occc1Br. The maximum Gasteiger partial charge on any atom is 0.288 e. The van der Waals surface area contributed by atoms with E-state index in [-0.39, 0.29) is 17.7 Å². The van der Waals surface area contributed by atoms with E-state index in [0.717, 1.165) is 13.0 Å². The molecule has 0 saturated heterocycles. The van der Waals surface area contributed by atoms with Crippen molar-refractivity contribution >= 4 is 21.8 Å². The summed E-state index contributed by atoms with van der Waals surface area (Å²) in [4.78, 5) is 16.1. The lowest BCUT2D eigenvalue weighted by Crippen LogP contribution is -2.39. The summed E-state index contributed by atoms with van der Waals surface area (Å²) in [6, 6.07) is 1.42. The number of furan rings is 1. The molecule has 2 heterocycles. The van der Waals surface area contributed by atoms with Crippen molar-refractivity contribution in [3.63, 3.8) is 0 Å². The molecule has 1 amide bonds. The molecule has 0 aliphatic heterocycles. The van der Waals surface area contributed by atoms with Crippen molar-refractivity contribution in [3.8, 4) is 0 Å². The van der Waals surface area contributed by atoms with Crippen LogP contribution in [-0.4, -0.2) is 32.7 Å². The number of hydrogen-bond acceptors (Lipinski definition) is 4. The summed E-state index contributed by atoms with van der Waals surface area (Å²) < 4.78 is 7.73. The van der Waals surface area contributed by atoms with E-state index in [4.69, 9.17) is 4.42 Å². The summed E-state index contributed by atoms with van der Waals surface area (Å²) in [6.07, 6.45) is 7.73. The summed E-state index contributed by atoms with van der Waals surface area (Å²) >= 11 is 3.26. The third-order valence-electron chi connectivity index (χ3n) is 3.79. The topological polar surface area (TPSA) is 80.3 Å². The smallest absolute Gasteiger partial charge is 0.288 e. The average molecular weight is 354 g/mol. The quantitative estimate of drug-likeness (QED) is 0.878. The van der Waals surface area contributed by atoms with Crippen LogP contribution in [0.1, 0.15) is 23.4 Å². The molecule has 7 heteroatoms. The van der Waals surface area contributed by atoms with Crippen molar-refractivity contribution in [3.05, 3.63) is 41.3 Å². The highest BCUT2D eigenvalue weighted by atomic mass is 79.9. The average Bonchev–Trinajstić information content (AvgIpc) is 3.14. The van der Waals surface area contributed by atoms with Gasteiger partial charge < -0.3 is 19.4 Å². The maximum atomic E-state index is 12.1. The van der Waals surface area contributed by atoms with Crippen molar-refractivity contribution in [1.29, 1.82) is 0 Å². The normalized spacial score (nSPS) is 25.1. The van der Waals surface area contributed by atoms with Crippen LogP contribution in [0.15, 0.2) is 39.9 Å². The molecular formula is C14H16BrN3O3. The molecule has 0 spiro atoms. The number of rotatable bonds is 4. The third kappa shape index (κ3) is 3.19. The lowest BCUT2D eigenvalue weighted by molar-refractivity contribution is 0.0845. The number of hydrogen-bond donors (Lipinski definition) is 2. The monoisotopic (exact) mass is 353 g/mol. The van der Waals surface area contributed by atoms with Crippen molar-refractivity contribution in [1.82, 2.24) is 14.9 Å². The first kappa shape index (κ1) is 14.3. The van der Waals surface area contributed by atoms with E-state index < -0.39 is 6.10 Å². The Labute approximate surface area is 130 Å². The van der Waals surface area contributed by atoms with Crippen LogP contribution >= 0.6 is 15.9 Å². The number of nitrogens with one attached hydrogen (secondary N) is 1. The second-order valence-corrected chi connectivity index (χ2v) is 6.20. The molecule has 0 bridgehead atoms. The minimum Gasteiger partial charge on any atom is -0.458 e. The van der Waals surface area contributed by atoms with E-state index in [2.05, 4.69) is 26.2 Å². The zero-order valence-corrected chi connectivity index (χ0v) is 12.9. The van der Waals surface area contributed by atoms with Crippen LogP contribution in [0, 0.1) is 5.92 Å². The Morgan fingerprint density at radius 2 is 2.43 bits per heavy atom. The van der Waals surface area contributed by atoms with Crippen molar-refractivity contribution in [2.75, 3.05) is 0 Å². The molecule has 6 nitrogen and oxygen atoms in total. The van der Waals surface area contributed by atoms with Gasteiger partial charge in [-0.25, -0.2) is 4.98 Å². The van der Waals surface area contributed by atoms with Crippen LogP contribution in [0.5, 0.6) is 0 Å². The number of amides is 1. The van der Waals surface area contributed by atoms with Gasteiger partial charge in [-0.15, -0.1) is 0 Å². The van der Waals surface area contributed by atoms with Gasteiger partial charge in [-0.05, 0) is 40.8 Å². The zero-order valence-electron chi connectivity index (χ0n) is 11.3. The third-order valence-corrected chi connectivity index (χ3v) is 4.42. The van der Waals surface area contributed by atoms with Crippen LogP contribution in [0.25, 0.3) is 0 Å². The van der Waals surface area contributed by atoms with Gasteiger partial charge in [-0.3, -0.25) is 4.79 Å². The summed E-state index contributed by atoms with van der Waals surface area (Å²) in [6.45, 7) is 0.799. The lowest BCUT2D eigenvalue weighted by Gasteiger charge is -2.15. The van der Waals surface area contributed by atoms with Gasteiger partial charge in [-0.1, -0.05) is 0 Å². The Balaban J connectivity index is 1.59. The second kappa shape index (κ2) is 6.03. The molecule has 1 aliphatic rings. The molecule has 0 radical (unpaired) electrons. The molecule has 0 aromatic carbocycles. The predicted octanol–water partition coefficient (Wildman–Crippen LogP) is 1.81. The molecule has 2 N–H and O–H groups in total. The number of carbonyl (C=O) groups excluding carboxylic acids is 1. The number of halogens is 1. The summed E-state index contributed by atoms with van der Waals surface area (Å²) in [5.41, 5.74) is 0. The first-order valence-electron chi connectivity index (χ1n) is 6.81. The van der Waals surface area contributed by atoms with Crippen molar-refractivity contribution < 1.29 is 14.3 Å². The fourth-order valence-electron chi connectivity index (χ4n) is 2.80. The Hall–Kier alpha value is -1.60. The van der Waals surface area contributed by atoms with Crippen molar-refractivity contribution in [2.24, 2.45) is 5.92 Å². The number of aliphatic hydroxyl groups excluding tert-OH is 1. The van der Waals surface area contributed by atoms with E-state index in [1.165, 1.54) is 6.26 Å². The highest BCUT2D eigenvalue weighted by Gasteiger charge is 2.34. The molecule has 1 fully saturated rings. The predicted molar refractivity (Wildman–Crippen MR) is 78.6 cm³/mol. The summed E-state index contributed by atoms with van der Waals surface area (Å²) in [5, 5.41) is 13.0. The highest BCUT2D eigenvalue weighted by molar-refractivity contribution is 9.10. The van der Waals surface area contributed by atoms with Gasteiger partial charge >= 0.3 is 0 Å². The first-order valence-corrected chi connectivity index (χ1v) is 7.60. The van der Waals surface area contributed by atoms with Gasteiger partial charge in [-0.2, -0.15) is 0 Å². The largest absolute Gasteiger partial charge is 0.458 e. The van der Waals surface area contributed by atoms with E-state index in [1.54, 1.807) is 18.6 Å². The van der Waals surface area contributed by atoms with Gasteiger partial charge in [0.1, 0.15) is 0 Å². The van der Waals surface area contributed by atoms with Gasteiger partial charge in [0.15, 0.2) is 0 Å². The van der Waals surface area contributed by atoms with Crippen LogP contribution in [0.2, 0.25) is 0 Å². The van der Waals surface area contributed by atoms with E-state index in [0.29, 0.717) is 16.8 Å². The Morgan fingerprint density at radius 1 is 1.57 bits per heavy atom. The molecule has 1 aliphatic carbocycles.